The first-order valence-corrected chi connectivity index (χ1v) is 8.18. The van der Waals surface area contributed by atoms with Gasteiger partial charge in [0.1, 0.15) is 17.7 Å². The molecule has 2 saturated heterocycles. The third-order valence-electron chi connectivity index (χ3n) is 5.24. The molecule has 1 aromatic carbocycles. The fourth-order valence-corrected chi connectivity index (χ4v) is 3.90. The van der Waals surface area contributed by atoms with Gasteiger partial charge < -0.3 is 14.4 Å². The second kappa shape index (κ2) is 5.76. The van der Waals surface area contributed by atoms with Crippen molar-refractivity contribution in [1.29, 1.82) is 0 Å². The number of carbonyl (C=O) groups excluding carboxylic acids is 1. The fraction of sp³-hybridized carbons (Fsp3) is 0.588. The number of halogens is 1. The van der Waals surface area contributed by atoms with Crippen molar-refractivity contribution in [2.75, 3.05) is 33.4 Å². The number of nitrogens with zero attached hydrogens (tertiary/aromatic N) is 2. The highest BCUT2D eigenvalue weighted by atomic mass is 19.1. The van der Waals surface area contributed by atoms with Crippen molar-refractivity contribution in [2.45, 2.75) is 31.0 Å². The third-order valence-corrected chi connectivity index (χ3v) is 5.24. The van der Waals surface area contributed by atoms with E-state index in [1.54, 1.807) is 4.90 Å². The number of carbonyl (C=O) groups is 1. The molecule has 6 heteroatoms. The van der Waals surface area contributed by atoms with Crippen molar-refractivity contribution in [3.05, 3.63) is 29.6 Å². The van der Waals surface area contributed by atoms with Gasteiger partial charge in [-0.15, -0.1) is 0 Å². The Morgan fingerprint density at radius 1 is 1.22 bits per heavy atom. The summed E-state index contributed by atoms with van der Waals surface area (Å²) in [6.45, 7) is 3.15. The fourth-order valence-electron chi connectivity index (χ4n) is 3.90. The van der Waals surface area contributed by atoms with Gasteiger partial charge in [-0.25, -0.2) is 4.39 Å². The van der Waals surface area contributed by atoms with E-state index in [0.717, 1.165) is 39.1 Å². The summed E-state index contributed by atoms with van der Waals surface area (Å²) in [7, 11) is 1.81. The molecule has 0 radical (unpaired) electrons. The lowest BCUT2D eigenvalue weighted by molar-refractivity contribution is 0.0379. The van der Waals surface area contributed by atoms with Crippen molar-refractivity contribution in [3.8, 4) is 5.75 Å². The molecule has 23 heavy (non-hydrogen) atoms. The number of amides is 1. The Morgan fingerprint density at radius 2 is 2.00 bits per heavy atom. The normalized spacial score (nSPS) is 29.0. The predicted molar refractivity (Wildman–Crippen MR) is 82.1 cm³/mol. The molecule has 4 rings (SSSR count). The summed E-state index contributed by atoms with van der Waals surface area (Å²) >= 11 is 0. The average Bonchev–Trinajstić information content (AvgIpc) is 2.95. The van der Waals surface area contributed by atoms with Gasteiger partial charge in [0, 0.05) is 45.5 Å². The van der Waals surface area contributed by atoms with Crippen LogP contribution in [0.5, 0.6) is 5.75 Å². The van der Waals surface area contributed by atoms with E-state index in [0.29, 0.717) is 17.4 Å². The van der Waals surface area contributed by atoms with Crippen LogP contribution in [-0.2, 0) is 4.74 Å². The Balaban J connectivity index is 1.60. The zero-order valence-electron chi connectivity index (χ0n) is 13.2. The van der Waals surface area contributed by atoms with Crippen molar-refractivity contribution >= 4 is 5.91 Å². The van der Waals surface area contributed by atoms with Crippen molar-refractivity contribution < 1.29 is 18.7 Å². The molecule has 5 nitrogen and oxygen atoms in total. The zero-order chi connectivity index (χ0) is 16.0. The Hall–Kier alpha value is -1.66. The maximum Gasteiger partial charge on any atom is 0.257 e. The molecule has 0 N–H and O–H groups in total. The van der Waals surface area contributed by atoms with Crippen molar-refractivity contribution in [2.24, 2.45) is 0 Å². The molecule has 1 aromatic rings. The van der Waals surface area contributed by atoms with Gasteiger partial charge in [0.15, 0.2) is 0 Å². The molecule has 3 aliphatic rings. The number of rotatable bonds is 1. The molecule has 0 aromatic heterocycles. The summed E-state index contributed by atoms with van der Waals surface area (Å²) in [6.07, 6.45) is 1.92. The van der Waals surface area contributed by atoms with E-state index in [1.165, 1.54) is 18.2 Å². The van der Waals surface area contributed by atoms with E-state index in [4.69, 9.17) is 9.47 Å². The van der Waals surface area contributed by atoms with Gasteiger partial charge >= 0.3 is 0 Å². The third kappa shape index (κ3) is 2.60. The van der Waals surface area contributed by atoms with E-state index < -0.39 is 0 Å². The first-order chi connectivity index (χ1) is 11.1. The Labute approximate surface area is 135 Å². The quantitative estimate of drug-likeness (QED) is 0.787. The number of benzene rings is 1. The van der Waals surface area contributed by atoms with Gasteiger partial charge in [-0.3, -0.25) is 9.69 Å². The summed E-state index contributed by atoms with van der Waals surface area (Å²) in [5, 5.41) is 0. The Kier molecular flexibility index (Phi) is 3.73. The van der Waals surface area contributed by atoms with Gasteiger partial charge in [-0.2, -0.15) is 0 Å². The Bertz CT molecular complexity index is 618. The topological polar surface area (TPSA) is 42.0 Å². The van der Waals surface area contributed by atoms with Crippen LogP contribution in [0.4, 0.5) is 4.39 Å². The molecule has 2 atom stereocenters. The molecular weight excluding hydrogens is 299 g/mol. The summed E-state index contributed by atoms with van der Waals surface area (Å²) in [4.78, 5) is 16.8. The lowest BCUT2D eigenvalue weighted by atomic mass is 10.1. The minimum atomic E-state index is -0.378. The molecule has 1 amide bonds. The molecule has 0 saturated carbocycles. The molecule has 0 bridgehead atoms. The van der Waals surface area contributed by atoms with Crippen LogP contribution in [0.1, 0.15) is 23.2 Å². The van der Waals surface area contributed by atoms with Crippen LogP contribution in [0.15, 0.2) is 18.2 Å². The van der Waals surface area contributed by atoms with Crippen molar-refractivity contribution in [3.63, 3.8) is 0 Å². The van der Waals surface area contributed by atoms with E-state index >= 15 is 0 Å². The van der Waals surface area contributed by atoms with E-state index in [9.17, 15) is 9.18 Å². The predicted octanol–water partition coefficient (Wildman–Crippen LogP) is 1.52. The second-order valence-corrected chi connectivity index (χ2v) is 6.58. The van der Waals surface area contributed by atoms with Crippen LogP contribution in [0.2, 0.25) is 0 Å². The highest BCUT2D eigenvalue weighted by Crippen LogP contribution is 2.32. The summed E-state index contributed by atoms with van der Waals surface area (Å²) in [5.41, 5.74) is 0.445. The van der Waals surface area contributed by atoms with Crippen molar-refractivity contribution in [1.82, 2.24) is 9.80 Å². The molecular formula is C17H21FN2O3. The number of hydrogen-bond acceptors (Lipinski definition) is 4. The Morgan fingerprint density at radius 3 is 2.78 bits per heavy atom. The first kappa shape index (κ1) is 14.9. The van der Waals surface area contributed by atoms with Gasteiger partial charge in [0.2, 0.25) is 0 Å². The molecule has 2 fully saturated rings. The van der Waals surface area contributed by atoms with E-state index in [1.807, 2.05) is 7.05 Å². The summed E-state index contributed by atoms with van der Waals surface area (Å²) in [6, 6.07) is 4.63. The van der Waals surface area contributed by atoms with Crippen LogP contribution >= 0.6 is 0 Å². The van der Waals surface area contributed by atoms with Crippen LogP contribution in [0, 0.1) is 5.82 Å². The van der Waals surface area contributed by atoms with Gasteiger partial charge in [-0.1, -0.05) is 0 Å². The van der Waals surface area contributed by atoms with E-state index in [-0.39, 0.29) is 23.9 Å². The molecule has 3 heterocycles. The summed E-state index contributed by atoms with van der Waals surface area (Å²) in [5.74, 6) is -0.110. The van der Waals surface area contributed by atoms with Gasteiger partial charge in [-0.05, 0) is 25.0 Å². The minimum absolute atomic E-state index is 0.000746. The van der Waals surface area contributed by atoms with E-state index in [2.05, 4.69) is 4.90 Å². The zero-order valence-corrected chi connectivity index (χ0v) is 13.2. The lowest BCUT2D eigenvalue weighted by Gasteiger charge is -2.31. The standard InChI is InChI=1S/C17H21FN2O3/c1-19-14-9-20(12-4-6-22-7-5-12)10-16(14)23-15-8-11(18)2-3-13(15)17(19)21/h2-3,8,12,14,16H,4-7,9-10H2,1H3/t14-,16+/m1/s1. The number of ether oxygens (including phenoxy) is 2. The van der Waals surface area contributed by atoms with Crippen LogP contribution in [-0.4, -0.2) is 67.2 Å². The minimum Gasteiger partial charge on any atom is -0.486 e. The largest absolute Gasteiger partial charge is 0.486 e. The molecule has 3 aliphatic heterocycles. The SMILES string of the molecule is CN1C(=O)c2ccc(F)cc2O[C@H]2CN(C3CCOCC3)C[C@H]21. The average molecular weight is 320 g/mol. The number of likely N-dealkylation sites (tertiary alicyclic amines) is 1. The highest BCUT2D eigenvalue weighted by molar-refractivity contribution is 5.97. The molecule has 0 spiro atoms. The monoisotopic (exact) mass is 320 g/mol. The second-order valence-electron chi connectivity index (χ2n) is 6.58. The van der Waals surface area contributed by atoms with Gasteiger partial charge in [0.05, 0.1) is 11.6 Å². The number of fused-ring (bicyclic) bond motifs is 2. The number of likely N-dealkylation sites (N-methyl/N-ethyl adjacent to an activating group) is 1. The lowest BCUT2D eigenvalue weighted by Crippen LogP contribution is -2.44. The van der Waals surface area contributed by atoms with Crippen LogP contribution < -0.4 is 4.74 Å². The maximum absolute atomic E-state index is 13.5. The van der Waals surface area contributed by atoms with Crippen LogP contribution in [0.25, 0.3) is 0 Å². The van der Waals surface area contributed by atoms with Crippen LogP contribution in [0.3, 0.4) is 0 Å². The summed E-state index contributed by atoms with van der Waals surface area (Å²) < 4.78 is 25.0. The first-order valence-electron chi connectivity index (χ1n) is 8.18. The highest BCUT2D eigenvalue weighted by Gasteiger charge is 2.44. The molecule has 0 aliphatic carbocycles. The molecule has 124 valence electrons. The maximum atomic E-state index is 13.5. The molecule has 0 unspecified atom stereocenters. The van der Waals surface area contributed by atoms with Gasteiger partial charge in [0.25, 0.3) is 5.91 Å². The smallest absolute Gasteiger partial charge is 0.257 e. The number of hydrogen-bond donors (Lipinski definition) is 0.